The molecule has 1 atom stereocenters. The number of nitrogens with two attached hydrogens (primary N) is 1. The lowest BCUT2D eigenvalue weighted by Gasteiger charge is -2.11. The first-order valence-electron chi connectivity index (χ1n) is 5.79. The molecule has 0 aliphatic rings. The quantitative estimate of drug-likeness (QED) is 0.618. The molecular formula is C13H20BrNOS. The predicted octanol–water partition coefficient (Wildman–Crippen LogP) is 3.47. The molecule has 0 bridgehead atoms. The SMILES string of the molecule is COCCCSc1cc(Br)ccc1CC(C)N. The number of methoxy groups -OCH3 is 1. The van der Waals surface area contributed by atoms with Gasteiger partial charge in [-0.15, -0.1) is 11.8 Å². The maximum absolute atomic E-state index is 5.87. The molecule has 1 aromatic carbocycles. The molecule has 1 aromatic rings. The van der Waals surface area contributed by atoms with E-state index < -0.39 is 0 Å². The van der Waals surface area contributed by atoms with Gasteiger partial charge in [0.05, 0.1) is 0 Å². The van der Waals surface area contributed by atoms with Crippen LogP contribution in [0.15, 0.2) is 27.6 Å². The van der Waals surface area contributed by atoms with E-state index >= 15 is 0 Å². The van der Waals surface area contributed by atoms with Gasteiger partial charge in [0.1, 0.15) is 0 Å². The number of hydrogen-bond donors (Lipinski definition) is 1. The first-order valence-corrected chi connectivity index (χ1v) is 7.57. The minimum absolute atomic E-state index is 0.203. The van der Waals surface area contributed by atoms with Gasteiger partial charge in [0.25, 0.3) is 0 Å². The molecule has 4 heteroatoms. The number of ether oxygens (including phenoxy) is 1. The number of hydrogen-bond acceptors (Lipinski definition) is 3. The second-order valence-corrected chi connectivity index (χ2v) is 6.18. The van der Waals surface area contributed by atoms with Crippen molar-refractivity contribution in [1.29, 1.82) is 0 Å². The molecular weight excluding hydrogens is 298 g/mol. The van der Waals surface area contributed by atoms with Gasteiger partial charge in [-0.3, -0.25) is 0 Å². The van der Waals surface area contributed by atoms with E-state index in [2.05, 4.69) is 34.1 Å². The van der Waals surface area contributed by atoms with Crippen LogP contribution in [0.2, 0.25) is 0 Å². The molecule has 0 amide bonds. The first kappa shape index (κ1) is 15.0. The van der Waals surface area contributed by atoms with Crippen LogP contribution in [0.4, 0.5) is 0 Å². The summed E-state index contributed by atoms with van der Waals surface area (Å²) in [6.45, 7) is 2.87. The monoisotopic (exact) mass is 317 g/mol. The molecule has 0 aromatic heterocycles. The molecule has 0 saturated carbocycles. The first-order chi connectivity index (χ1) is 8.13. The van der Waals surface area contributed by atoms with Crippen LogP contribution in [0.3, 0.4) is 0 Å². The van der Waals surface area contributed by atoms with Gasteiger partial charge in [-0.2, -0.15) is 0 Å². The fourth-order valence-corrected chi connectivity index (χ4v) is 3.11. The van der Waals surface area contributed by atoms with Crippen molar-refractivity contribution in [2.75, 3.05) is 19.5 Å². The van der Waals surface area contributed by atoms with Gasteiger partial charge in [-0.05, 0) is 37.5 Å². The van der Waals surface area contributed by atoms with Crippen LogP contribution in [0.1, 0.15) is 18.9 Å². The zero-order valence-electron chi connectivity index (χ0n) is 10.4. The average molecular weight is 318 g/mol. The lowest BCUT2D eigenvalue weighted by Crippen LogP contribution is -2.18. The zero-order valence-corrected chi connectivity index (χ0v) is 12.8. The van der Waals surface area contributed by atoms with Gasteiger partial charge in [-0.25, -0.2) is 0 Å². The van der Waals surface area contributed by atoms with Crippen LogP contribution in [0, 0.1) is 0 Å². The van der Waals surface area contributed by atoms with Crippen molar-refractivity contribution in [1.82, 2.24) is 0 Å². The molecule has 1 unspecified atom stereocenters. The van der Waals surface area contributed by atoms with E-state index in [-0.39, 0.29) is 6.04 Å². The third-order valence-corrected chi connectivity index (χ3v) is 4.00. The maximum Gasteiger partial charge on any atom is 0.0470 e. The van der Waals surface area contributed by atoms with Gasteiger partial charge in [-0.1, -0.05) is 22.0 Å². The summed E-state index contributed by atoms with van der Waals surface area (Å²) in [5.41, 5.74) is 7.21. The maximum atomic E-state index is 5.87. The Morgan fingerprint density at radius 2 is 2.24 bits per heavy atom. The van der Waals surface area contributed by atoms with Crippen LogP contribution in [-0.4, -0.2) is 25.5 Å². The van der Waals surface area contributed by atoms with Crippen LogP contribution in [-0.2, 0) is 11.2 Å². The van der Waals surface area contributed by atoms with Gasteiger partial charge in [0.2, 0.25) is 0 Å². The molecule has 0 aliphatic carbocycles. The number of rotatable bonds is 7. The molecule has 0 radical (unpaired) electrons. The van der Waals surface area contributed by atoms with Crippen molar-refractivity contribution < 1.29 is 4.74 Å². The largest absolute Gasteiger partial charge is 0.385 e. The molecule has 0 fully saturated rings. The second kappa shape index (κ2) is 8.14. The highest BCUT2D eigenvalue weighted by molar-refractivity contribution is 9.10. The summed E-state index contributed by atoms with van der Waals surface area (Å²) in [5.74, 6) is 1.08. The Morgan fingerprint density at radius 3 is 2.88 bits per heavy atom. The highest BCUT2D eigenvalue weighted by Crippen LogP contribution is 2.27. The van der Waals surface area contributed by atoms with Crippen molar-refractivity contribution in [2.45, 2.75) is 30.7 Å². The van der Waals surface area contributed by atoms with E-state index in [4.69, 9.17) is 10.5 Å². The normalized spacial score (nSPS) is 12.7. The Morgan fingerprint density at radius 1 is 1.47 bits per heavy atom. The van der Waals surface area contributed by atoms with Crippen molar-refractivity contribution in [3.63, 3.8) is 0 Å². The highest BCUT2D eigenvalue weighted by Gasteiger charge is 2.06. The molecule has 2 N–H and O–H groups in total. The molecule has 96 valence electrons. The van der Waals surface area contributed by atoms with Gasteiger partial charge in [0.15, 0.2) is 0 Å². The molecule has 1 rings (SSSR count). The Hall–Kier alpha value is -0.0300. The summed E-state index contributed by atoms with van der Waals surface area (Å²) in [5, 5.41) is 0. The summed E-state index contributed by atoms with van der Waals surface area (Å²) in [7, 11) is 1.74. The van der Waals surface area contributed by atoms with Crippen LogP contribution in [0.25, 0.3) is 0 Å². The summed E-state index contributed by atoms with van der Waals surface area (Å²) < 4.78 is 6.18. The van der Waals surface area contributed by atoms with Gasteiger partial charge >= 0.3 is 0 Å². The second-order valence-electron chi connectivity index (χ2n) is 4.13. The summed E-state index contributed by atoms with van der Waals surface area (Å²) in [6.07, 6.45) is 2.01. The van der Waals surface area contributed by atoms with Crippen molar-refractivity contribution >= 4 is 27.7 Å². The number of benzene rings is 1. The summed E-state index contributed by atoms with van der Waals surface area (Å²) >= 11 is 5.39. The van der Waals surface area contributed by atoms with E-state index in [1.165, 1.54) is 10.5 Å². The zero-order chi connectivity index (χ0) is 12.7. The van der Waals surface area contributed by atoms with Crippen LogP contribution >= 0.6 is 27.7 Å². The molecule has 0 saturated heterocycles. The summed E-state index contributed by atoms with van der Waals surface area (Å²) in [6, 6.07) is 6.62. The van der Waals surface area contributed by atoms with E-state index in [0.29, 0.717) is 0 Å². The molecule has 17 heavy (non-hydrogen) atoms. The predicted molar refractivity (Wildman–Crippen MR) is 78.7 cm³/mol. The van der Waals surface area contributed by atoms with Gasteiger partial charge in [0, 0.05) is 34.9 Å². The molecule has 0 heterocycles. The summed E-state index contributed by atoms with van der Waals surface area (Å²) in [4.78, 5) is 1.33. The van der Waals surface area contributed by atoms with Crippen LogP contribution < -0.4 is 5.73 Å². The highest BCUT2D eigenvalue weighted by atomic mass is 79.9. The van der Waals surface area contributed by atoms with Gasteiger partial charge < -0.3 is 10.5 Å². The van der Waals surface area contributed by atoms with Crippen molar-refractivity contribution in [3.8, 4) is 0 Å². The van der Waals surface area contributed by atoms with E-state index in [0.717, 1.165) is 29.7 Å². The smallest absolute Gasteiger partial charge is 0.0470 e. The van der Waals surface area contributed by atoms with Crippen LogP contribution in [0.5, 0.6) is 0 Å². The Labute approximate surface area is 116 Å². The molecule has 2 nitrogen and oxygen atoms in total. The minimum atomic E-state index is 0.203. The third kappa shape index (κ3) is 5.91. The number of thioether (sulfide) groups is 1. The fraction of sp³-hybridized carbons (Fsp3) is 0.538. The fourth-order valence-electron chi connectivity index (χ4n) is 1.56. The molecule has 0 aliphatic heterocycles. The van der Waals surface area contributed by atoms with Crippen molar-refractivity contribution in [2.24, 2.45) is 5.73 Å². The average Bonchev–Trinajstić information content (AvgIpc) is 2.27. The topological polar surface area (TPSA) is 35.2 Å². The number of halogens is 1. The van der Waals surface area contributed by atoms with E-state index in [1.54, 1.807) is 7.11 Å². The van der Waals surface area contributed by atoms with Crippen molar-refractivity contribution in [3.05, 3.63) is 28.2 Å². The lowest BCUT2D eigenvalue weighted by molar-refractivity contribution is 0.200. The van der Waals surface area contributed by atoms with E-state index in [1.807, 2.05) is 18.7 Å². The lowest BCUT2D eigenvalue weighted by atomic mass is 10.1. The minimum Gasteiger partial charge on any atom is -0.385 e. The van der Waals surface area contributed by atoms with E-state index in [9.17, 15) is 0 Å². The molecule has 0 spiro atoms. The third-order valence-electron chi connectivity index (χ3n) is 2.32. The Kier molecular flexibility index (Phi) is 7.19. The standard InChI is InChI=1S/C13H20BrNOS/c1-10(15)8-11-4-5-12(14)9-13(11)17-7-3-6-16-2/h4-5,9-10H,3,6-8,15H2,1-2H3. The Bertz CT molecular complexity index is 344. The Balaban J connectivity index is 2.63.